The zero-order chi connectivity index (χ0) is 13.4. The first kappa shape index (κ1) is 14.9. The van der Waals surface area contributed by atoms with Crippen molar-refractivity contribution in [3.8, 4) is 0 Å². The molecule has 1 rings (SSSR count). The van der Waals surface area contributed by atoms with Crippen molar-refractivity contribution in [2.45, 2.75) is 6.42 Å². The predicted molar refractivity (Wildman–Crippen MR) is 72.1 cm³/mol. The summed E-state index contributed by atoms with van der Waals surface area (Å²) < 4.78 is 18.8. The fourth-order valence-corrected chi connectivity index (χ4v) is 1.49. The van der Waals surface area contributed by atoms with Gasteiger partial charge in [-0.1, -0.05) is 6.08 Å². The second kappa shape index (κ2) is 8.00. The summed E-state index contributed by atoms with van der Waals surface area (Å²) in [5, 5.41) is 2.65. The van der Waals surface area contributed by atoms with Crippen molar-refractivity contribution in [3.05, 3.63) is 46.7 Å². The summed E-state index contributed by atoms with van der Waals surface area (Å²) in [5.74, 6) is -0.765. The van der Waals surface area contributed by atoms with Gasteiger partial charge in [-0.3, -0.25) is 4.79 Å². The molecule has 0 aliphatic heterocycles. The quantitative estimate of drug-likeness (QED) is 0.620. The van der Waals surface area contributed by atoms with Crippen molar-refractivity contribution in [3.63, 3.8) is 0 Å². The van der Waals surface area contributed by atoms with E-state index in [1.54, 1.807) is 12.1 Å². The van der Waals surface area contributed by atoms with E-state index in [9.17, 15) is 9.18 Å². The van der Waals surface area contributed by atoms with Crippen molar-refractivity contribution in [1.29, 1.82) is 0 Å². The Morgan fingerprint density at radius 1 is 1.50 bits per heavy atom. The first-order valence-electron chi connectivity index (χ1n) is 5.57. The zero-order valence-corrected chi connectivity index (χ0v) is 11.5. The third kappa shape index (κ3) is 4.98. The van der Waals surface area contributed by atoms with Crippen LogP contribution in [0.25, 0.3) is 0 Å². The molecule has 0 bridgehead atoms. The molecule has 0 aliphatic carbocycles. The topological polar surface area (TPSA) is 38.3 Å². The molecule has 0 radical (unpaired) electrons. The van der Waals surface area contributed by atoms with Crippen LogP contribution < -0.4 is 5.32 Å². The van der Waals surface area contributed by atoms with Crippen LogP contribution in [0, 0.1) is 5.82 Å². The van der Waals surface area contributed by atoms with Crippen LogP contribution in [-0.2, 0) is 4.74 Å². The monoisotopic (exact) mass is 315 g/mol. The Labute approximate surface area is 114 Å². The molecule has 98 valence electrons. The summed E-state index contributed by atoms with van der Waals surface area (Å²) in [5.41, 5.74) is 0.293. The van der Waals surface area contributed by atoms with Crippen LogP contribution >= 0.6 is 15.9 Å². The summed E-state index contributed by atoms with van der Waals surface area (Å²) in [7, 11) is 0. The van der Waals surface area contributed by atoms with E-state index in [0.717, 1.165) is 6.42 Å². The van der Waals surface area contributed by atoms with Crippen molar-refractivity contribution in [2.75, 3.05) is 19.8 Å². The number of nitrogens with one attached hydrogen (secondary N) is 1. The summed E-state index contributed by atoms with van der Waals surface area (Å²) in [4.78, 5) is 11.6. The molecule has 0 spiro atoms. The highest BCUT2D eigenvalue weighted by atomic mass is 79.9. The first-order valence-corrected chi connectivity index (χ1v) is 6.36. The van der Waals surface area contributed by atoms with Crippen LogP contribution in [0.3, 0.4) is 0 Å². The molecule has 0 saturated carbocycles. The molecule has 0 unspecified atom stereocenters. The van der Waals surface area contributed by atoms with E-state index >= 15 is 0 Å². The molecule has 1 N–H and O–H groups in total. The Morgan fingerprint density at radius 3 is 2.94 bits per heavy atom. The second-order valence-electron chi connectivity index (χ2n) is 3.57. The van der Waals surface area contributed by atoms with Gasteiger partial charge in [0.05, 0.1) is 17.7 Å². The summed E-state index contributed by atoms with van der Waals surface area (Å²) >= 11 is 3.03. The molecule has 0 aliphatic rings. The Bertz CT molecular complexity index is 423. The van der Waals surface area contributed by atoms with E-state index in [0.29, 0.717) is 29.8 Å². The van der Waals surface area contributed by atoms with Gasteiger partial charge in [-0.15, -0.1) is 6.58 Å². The number of rotatable bonds is 7. The molecule has 0 fully saturated rings. The molecule has 1 aromatic rings. The number of carbonyl (C=O) groups excluding carboxylic acids is 1. The number of carbonyl (C=O) groups is 1. The number of halogens is 2. The van der Waals surface area contributed by atoms with E-state index in [1.807, 2.05) is 0 Å². The lowest BCUT2D eigenvalue weighted by Crippen LogP contribution is -2.27. The Hall–Kier alpha value is -1.20. The van der Waals surface area contributed by atoms with E-state index in [-0.39, 0.29) is 5.91 Å². The van der Waals surface area contributed by atoms with Gasteiger partial charge in [0.1, 0.15) is 5.82 Å². The highest BCUT2D eigenvalue weighted by Gasteiger charge is 2.07. The number of hydrogen-bond acceptors (Lipinski definition) is 2. The first-order chi connectivity index (χ1) is 8.65. The average molecular weight is 316 g/mol. The van der Waals surface area contributed by atoms with Gasteiger partial charge in [-0.2, -0.15) is 0 Å². The fraction of sp³-hybridized carbons (Fsp3) is 0.308. The van der Waals surface area contributed by atoms with Gasteiger partial charge in [0, 0.05) is 12.1 Å². The van der Waals surface area contributed by atoms with Gasteiger partial charge >= 0.3 is 0 Å². The lowest BCUT2D eigenvalue weighted by atomic mass is 10.2. The van der Waals surface area contributed by atoms with Gasteiger partial charge in [-0.05, 0) is 40.5 Å². The third-order valence-corrected chi connectivity index (χ3v) is 2.82. The maximum Gasteiger partial charge on any atom is 0.251 e. The van der Waals surface area contributed by atoms with E-state index in [1.165, 1.54) is 12.1 Å². The second-order valence-corrected chi connectivity index (χ2v) is 4.43. The van der Waals surface area contributed by atoms with Crippen LogP contribution in [0.4, 0.5) is 4.39 Å². The molecule has 1 aromatic carbocycles. The lowest BCUT2D eigenvalue weighted by molar-refractivity contribution is 0.0917. The Morgan fingerprint density at radius 2 is 2.28 bits per heavy atom. The molecule has 0 heterocycles. The highest BCUT2D eigenvalue weighted by Crippen LogP contribution is 2.16. The van der Waals surface area contributed by atoms with Crippen molar-refractivity contribution in [1.82, 2.24) is 5.32 Å². The number of ether oxygens (including phenoxy) is 1. The smallest absolute Gasteiger partial charge is 0.251 e. The fourth-order valence-electron chi connectivity index (χ4n) is 1.24. The molecule has 0 atom stereocenters. The van der Waals surface area contributed by atoms with Crippen molar-refractivity contribution >= 4 is 21.8 Å². The van der Waals surface area contributed by atoms with Gasteiger partial charge in [0.15, 0.2) is 0 Å². The minimum absolute atomic E-state index is 0.293. The average Bonchev–Trinajstić information content (AvgIpc) is 2.36. The molecule has 0 saturated heterocycles. The largest absolute Gasteiger partial charge is 0.379 e. The Kier molecular flexibility index (Phi) is 6.60. The molecule has 18 heavy (non-hydrogen) atoms. The highest BCUT2D eigenvalue weighted by molar-refractivity contribution is 9.10. The van der Waals surface area contributed by atoms with Crippen molar-refractivity contribution < 1.29 is 13.9 Å². The molecule has 5 heteroatoms. The van der Waals surface area contributed by atoms with Crippen LogP contribution in [-0.4, -0.2) is 25.7 Å². The van der Waals surface area contributed by atoms with E-state index in [4.69, 9.17) is 4.74 Å². The third-order valence-electron chi connectivity index (χ3n) is 2.18. The van der Waals surface area contributed by atoms with Gasteiger partial charge in [0.2, 0.25) is 0 Å². The lowest BCUT2D eigenvalue weighted by Gasteiger charge is -2.06. The molecular weight excluding hydrogens is 301 g/mol. The van der Waals surface area contributed by atoms with E-state index < -0.39 is 5.82 Å². The Balaban J connectivity index is 2.32. The molecule has 3 nitrogen and oxygen atoms in total. The molecule has 0 aromatic heterocycles. The minimum Gasteiger partial charge on any atom is -0.379 e. The van der Waals surface area contributed by atoms with E-state index in [2.05, 4.69) is 27.8 Å². The summed E-state index contributed by atoms with van der Waals surface area (Å²) in [6.07, 6.45) is 2.55. The number of amides is 1. The SMILES string of the molecule is C=CCCOCCNC(=O)c1ccc(Br)c(F)c1. The predicted octanol–water partition coefficient (Wildman–Crippen LogP) is 2.91. The van der Waals surface area contributed by atoms with Gasteiger partial charge in [0.25, 0.3) is 5.91 Å². The van der Waals surface area contributed by atoms with Gasteiger partial charge in [-0.25, -0.2) is 4.39 Å². The number of benzene rings is 1. The van der Waals surface area contributed by atoms with Crippen LogP contribution in [0.15, 0.2) is 35.3 Å². The van der Waals surface area contributed by atoms with Crippen LogP contribution in [0.5, 0.6) is 0 Å². The number of hydrogen-bond donors (Lipinski definition) is 1. The molecular formula is C13H15BrFNO2. The van der Waals surface area contributed by atoms with Crippen LogP contribution in [0.2, 0.25) is 0 Å². The normalized spacial score (nSPS) is 10.1. The zero-order valence-electron chi connectivity index (χ0n) is 9.92. The van der Waals surface area contributed by atoms with Crippen molar-refractivity contribution in [2.24, 2.45) is 0 Å². The summed E-state index contributed by atoms with van der Waals surface area (Å²) in [6.45, 7) is 4.99. The standard InChI is InChI=1S/C13H15BrFNO2/c1-2-3-7-18-8-6-16-13(17)10-4-5-11(14)12(15)9-10/h2,4-5,9H,1,3,6-8H2,(H,16,17). The molecule has 1 amide bonds. The maximum atomic E-state index is 13.2. The summed E-state index contributed by atoms with van der Waals surface area (Å²) in [6, 6.07) is 4.25. The minimum atomic E-state index is -0.454. The maximum absolute atomic E-state index is 13.2. The van der Waals surface area contributed by atoms with Crippen LogP contribution in [0.1, 0.15) is 16.8 Å². The van der Waals surface area contributed by atoms with Gasteiger partial charge < -0.3 is 10.1 Å².